The number of nitrogens with one attached hydrogen (secondary N) is 2. The highest BCUT2D eigenvalue weighted by Crippen LogP contribution is 2.16. The van der Waals surface area contributed by atoms with E-state index in [1.165, 1.54) is 10.6 Å². The number of H-pyrrole nitrogens is 1. The van der Waals surface area contributed by atoms with E-state index in [-0.39, 0.29) is 17.2 Å². The molecule has 0 aliphatic heterocycles. The molecule has 27 heavy (non-hydrogen) atoms. The maximum Gasteiger partial charge on any atom is 0.254 e. The first-order valence-corrected chi connectivity index (χ1v) is 8.58. The molecule has 7 nitrogen and oxygen atoms in total. The summed E-state index contributed by atoms with van der Waals surface area (Å²) in [5, 5.41) is 7.18. The van der Waals surface area contributed by atoms with Crippen LogP contribution in [0.5, 0.6) is 0 Å². The Bertz CT molecular complexity index is 1130. The third-order valence-corrected chi connectivity index (χ3v) is 4.12. The molecule has 2 heterocycles. The number of rotatable bonds is 5. The predicted molar refractivity (Wildman–Crippen MR) is 102 cm³/mol. The molecule has 7 heteroatoms. The van der Waals surface area contributed by atoms with Gasteiger partial charge >= 0.3 is 0 Å². The van der Waals surface area contributed by atoms with E-state index < -0.39 is 0 Å². The van der Waals surface area contributed by atoms with E-state index in [0.717, 1.165) is 11.1 Å². The van der Waals surface area contributed by atoms with E-state index in [0.29, 0.717) is 24.5 Å². The Morgan fingerprint density at radius 2 is 1.74 bits per heavy atom. The molecule has 0 aliphatic rings. The Morgan fingerprint density at radius 3 is 2.48 bits per heavy atom. The number of aryl methyl sites for hydroxylation is 1. The van der Waals surface area contributed by atoms with Gasteiger partial charge in [-0.2, -0.15) is 9.50 Å². The van der Waals surface area contributed by atoms with Gasteiger partial charge in [-0.3, -0.25) is 14.6 Å². The van der Waals surface area contributed by atoms with Crippen molar-refractivity contribution >= 4 is 17.5 Å². The third-order valence-electron chi connectivity index (χ3n) is 4.12. The number of anilines is 1. The molecular weight excluding hydrogens is 342 g/mol. The Labute approximate surface area is 154 Å². The lowest BCUT2D eigenvalue weighted by Gasteiger charge is -2.06. The molecule has 4 aromatic rings. The van der Waals surface area contributed by atoms with Crippen LogP contribution in [0.25, 0.3) is 17.2 Å². The number of carbonyl (C=O) groups is 1. The van der Waals surface area contributed by atoms with Crippen LogP contribution in [0.2, 0.25) is 0 Å². The third kappa shape index (κ3) is 3.77. The molecule has 2 aromatic heterocycles. The highest BCUT2D eigenvalue weighted by molar-refractivity contribution is 5.90. The molecule has 0 aliphatic carbocycles. The number of carbonyl (C=O) groups excluding carboxylic acids is 1. The first-order chi connectivity index (χ1) is 13.2. The molecule has 134 valence electrons. The number of nitrogens with zero attached hydrogens (tertiary/aromatic N) is 3. The standard InChI is InChI=1S/C20H17N5O2/c26-17(12-11-14-7-3-1-4-8-14)21-16-13-18(27)22-20-23-19(24-25(16)20)15-9-5-2-6-10-15/h1-10,13H,11-12H2,(H,21,26)(H,22,23,24,27). The highest BCUT2D eigenvalue weighted by atomic mass is 16.2. The van der Waals surface area contributed by atoms with Crippen LogP contribution < -0.4 is 10.9 Å². The van der Waals surface area contributed by atoms with E-state index in [1.54, 1.807) is 0 Å². The van der Waals surface area contributed by atoms with E-state index in [2.05, 4.69) is 20.4 Å². The smallest absolute Gasteiger partial charge is 0.254 e. The normalized spacial score (nSPS) is 10.8. The van der Waals surface area contributed by atoms with Crippen molar-refractivity contribution in [2.75, 3.05) is 5.32 Å². The lowest BCUT2D eigenvalue weighted by molar-refractivity contribution is -0.116. The van der Waals surface area contributed by atoms with Crippen molar-refractivity contribution in [3.8, 4) is 11.4 Å². The zero-order valence-electron chi connectivity index (χ0n) is 14.4. The number of aromatic nitrogens is 4. The second kappa shape index (κ2) is 7.25. The SMILES string of the molecule is O=C(CCc1ccccc1)Nc1cc(=O)[nH]c2nc(-c3ccccc3)nn12. The molecule has 0 unspecified atom stereocenters. The topological polar surface area (TPSA) is 92.1 Å². The Morgan fingerprint density at radius 1 is 1.04 bits per heavy atom. The van der Waals surface area contributed by atoms with Crippen LogP contribution in [0.3, 0.4) is 0 Å². The van der Waals surface area contributed by atoms with Gasteiger partial charge in [-0.25, -0.2) is 0 Å². The summed E-state index contributed by atoms with van der Waals surface area (Å²) in [6.07, 6.45) is 0.921. The van der Waals surface area contributed by atoms with Crippen LogP contribution in [-0.4, -0.2) is 25.5 Å². The fourth-order valence-electron chi connectivity index (χ4n) is 2.80. The Hall–Kier alpha value is -3.74. The van der Waals surface area contributed by atoms with Crippen LogP contribution in [0.4, 0.5) is 5.82 Å². The van der Waals surface area contributed by atoms with Crippen molar-refractivity contribution in [3.05, 3.63) is 82.6 Å². The summed E-state index contributed by atoms with van der Waals surface area (Å²) in [6, 6.07) is 20.5. The summed E-state index contributed by atoms with van der Waals surface area (Å²) in [5.74, 6) is 0.848. The lowest BCUT2D eigenvalue weighted by Crippen LogP contribution is -2.19. The fraction of sp³-hybridized carbons (Fsp3) is 0.100. The van der Waals surface area contributed by atoms with Gasteiger partial charge in [0.25, 0.3) is 5.56 Å². The number of aromatic amines is 1. The summed E-state index contributed by atoms with van der Waals surface area (Å²) in [4.78, 5) is 31.2. The minimum Gasteiger partial charge on any atom is -0.310 e. The molecule has 0 saturated heterocycles. The minimum absolute atomic E-state index is 0.192. The maximum atomic E-state index is 12.3. The van der Waals surface area contributed by atoms with E-state index in [9.17, 15) is 9.59 Å². The molecule has 2 N–H and O–H groups in total. The molecule has 0 radical (unpaired) electrons. The molecule has 0 spiro atoms. The van der Waals surface area contributed by atoms with Gasteiger partial charge in [0.05, 0.1) is 0 Å². The van der Waals surface area contributed by atoms with Gasteiger partial charge in [0.1, 0.15) is 5.82 Å². The van der Waals surface area contributed by atoms with Crippen molar-refractivity contribution in [3.63, 3.8) is 0 Å². The molecule has 1 amide bonds. The summed E-state index contributed by atoms with van der Waals surface area (Å²) < 4.78 is 1.43. The number of amides is 1. The number of hydrogen-bond acceptors (Lipinski definition) is 4. The van der Waals surface area contributed by atoms with Crippen LogP contribution in [-0.2, 0) is 11.2 Å². The van der Waals surface area contributed by atoms with Gasteiger partial charge in [0, 0.05) is 18.1 Å². The lowest BCUT2D eigenvalue weighted by atomic mass is 10.1. The average Bonchev–Trinajstić information content (AvgIpc) is 3.12. The fourth-order valence-corrected chi connectivity index (χ4v) is 2.80. The average molecular weight is 359 g/mol. The van der Waals surface area contributed by atoms with Crippen molar-refractivity contribution in [1.29, 1.82) is 0 Å². The molecule has 0 atom stereocenters. The van der Waals surface area contributed by atoms with Crippen molar-refractivity contribution in [2.45, 2.75) is 12.8 Å². The van der Waals surface area contributed by atoms with Crippen molar-refractivity contribution < 1.29 is 4.79 Å². The van der Waals surface area contributed by atoms with Crippen LogP contribution >= 0.6 is 0 Å². The van der Waals surface area contributed by atoms with Gasteiger partial charge in [-0.1, -0.05) is 60.7 Å². The van der Waals surface area contributed by atoms with Gasteiger partial charge in [0.15, 0.2) is 5.82 Å². The van der Waals surface area contributed by atoms with Crippen LogP contribution in [0.15, 0.2) is 71.5 Å². The summed E-state index contributed by atoms with van der Waals surface area (Å²) in [7, 11) is 0. The van der Waals surface area contributed by atoms with E-state index in [1.807, 2.05) is 60.7 Å². The summed E-state index contributed by atoms with van der Waals surface area (Å²) in [6.45, 7) is 0. The zero-order valence-corrected chi connectivity index (χ0v) is 14.4. The molecular formula is C20H17N5O2. The maximum absolute atomic E-state index is 12.3. The molecule has 0 saturated carbocycles. The molecule has 2 aromatic carbocycles. The zero-order chi connectivity index (χ0) is 18.6. The van der Waals surface area contributed by atoms with E-state index >= 15 is 0 Å². The largest absolute Gasteiger partial charge is 0.310 e. The monoisotopic (exact) mass is 359 g/mol. The quantitative estimate of drug-likeness (QED) is 0.573. The summed E-state index contributed by atoms with van der Waals surface area (Å²) in [5.41, 5.74) is 1.55. The Balaban J connectivity index is 1.58. The van der Waals surface area contributed by atoms with Crippen molar-refractivity contribution in [1.82, 2.24) is 19.6 Å². The number of hydrogen-bond donors (Lipinski definition) is 2. The van der Waals surface area contributed by atoms with Gasteiger partial charge in [0.2, 0.25) is 11.7 Å². The van der Waals surface area contributed by atoms with E-state index in [4.69, 9.17) is 0 Å². The van der Waals surface area contributed by atoms with Gasteiger partial charge in [-0.05, 0) is 12.0 Å². The molecule has 0 fully saturated rings. The first kappa shape index (κ1) is 16.7. The highest BCUT2D eigenvalue weighted by Gasteiger charge is 2.13. The minimum atomic E-state index is -0.354. The number of fused-ring (bicyclic) bond motifs is 1. The first-order valence-electron chi connectivity index (χ1n) is 8.58. The number of benzene rings is 2. The molecule has 0 bridgehead atoms. The van der Waals surface area contributed by atoms with Gasteiger partial charge < -0.3 is 5.32 Å². The van der Waals surface area contributed by atoms with Crippen LogP contribution in [0, 0.1) is 0 Å². The van der Waals surface area contributed by atoms with Crippen LogP contribution in [0.1, 0.15) is 12.0 Å². The van der Waals surface area contributed by atoms with Gasteiger partial charge in [-0.15, -0.1) is 5.10 Å². The second-order valence-corrected chi connectivity index (χ2v) is 6.09. The predicted octanol–water partition coefficient (Wildman–Crippen LogP) is 2.66. The second-order valence-electron chi connectivity index (χ2n) is 6.09. The summed E-state index contributed by atoms with van der Waals surface area (Å²) >= 11 is 0. The molecule has 4 rings (SSSR count). The van der Waals surface area contributed by atoms with Crippen molar-refractivity contribution in [2.24, 2.45) is 0 Å². The Kier molecular flexibility index (Phi) is 4.49.